The smallest absolute Gasteiger partial charge is 0.0488 e. The molecule has 0 saturated carbocycles. The quantitative estimate of drug-likeness (QED) is 0.726. The molecule has 1 aromatic carbocycles. The summed E-state index contributed by atoms with van der Waals surface area (Å²) < 4.78 is 0.991. The Morgan fingerprint density at radius 2 is 1.82 bits per heavy atom. The number of nitrogens with two attached hydrogens (primary N) is 1. The molecular weight excluding hydrogens is 270 g/mol. The largest absolute Gasteiger partial charge is 0.398 e. The van der Waals surface area contributed by atoms with E-state index in [1.165, 1.54) is 5.56 Å². The van der Waals surface area contributed by atoms with Gasteiger partial charge in [0.25, 0.3) is 0 Å². The van der Waals surface area contributed by atoms with Crippen molar-refractivity contribution >= 4 is 38.6 Å². The van der Waals surface area contributed by atoms with E-state index in [0.29, 0.717) is 0 Å². The lowest BCUT2D eigenvalue weighted by molar-refractivity contribution is 1.37. The summed E-state index contributed by atoms with van der Waals surface area (Å²) in [5.74, 6) is 0. The highest BCUT2D eigenvalue weighted by atomic mass is 79.9. The van der Waals surface area contributed by atoms with Crippen LogP contribution in [0.2, 0.25) is 0 Å². The van der Waals surface area contributed by atoms with E-state index < -0.39 is 0 Å². The van der Waals surface area contributed by atoms with Crippen molar-refractivity contribution in [2.45, 2.75) is 13.8 Å². The van der Waals surface area contributed by atoms with E-state index in [9.17, 15) is 0 Å². The Morgan fingerprint density at radius 3 is 2.27 bits per heavy atom. The zero-order valence-corrected chi connectivity index (χ0v) is 9.82. The lowest BCUT2D eigenvalue weighted by Gasteiger charge is -2.03. The number of hydrogen-bond acceptors (Lipinski definition) is 1. The fourth-order valence-electron chi connectivity index (χ4n) is 0.927. The van der Waals surface area contributed by atoms with Gasteiger partial charge in [-0.1, -0.05) is 6.07 Å². The van der Waals surface area contributed by atoms with Crippen LogP contribution < -0.4 is 5.73 Å². The van der Waals surface area contributed by atoms with Gasteiger partial charge in [-0.15, -0.1) is 17.0 Å². The molecule has 0 atom stereocenters. The lowest BCUT2D eigenvalue weighted by atomic mass is 10.1. The van der Waals surface area contributed by atoms with E-state index in [1.54, 1.807) is 0 Å². The van der Waals surface area contributed by atoms with E-state index in [-0.39, 0.29) is 17.0 Å². The van der Waals surface area contributed by atoms with Crippen molar-refractivity contribution in [1.82, 2.24) is 0 Å². The standard InChI is InChI=1S/C8H10BrN.BrH/c1-5-3-6(2)8(10)7(9)4-5;/h3-4H,10H2,1-2H3;1H. The number of aryl methyl sites for hydroxylation is 2. The molecular formula is C8H11Br2N. The number of benzene rings is 1. The highest BCUT2D eigenvalue weighted by molar-refractivity contribution is 9.10. The number of rotatable bonds is 0. The average Bonchev–Trinajstić information content (AvgIpc) is 1.82. The summed E-state index contributed by atoms with van der Waals surface area (Å²) in [6.07, 6.45) is 0. The maximum absolute atomic E-state index is 5.70. The highest BCUT2D eigenvalue weighted by Crippen LogP contribution is 2.23. The number of halogens is 2. The molecule has 0 heterocycles. The zero-order valence-electron chi connectivity index (χ0n) is 6.52. The Kier molecular flexibility index (Phi) is 4.11. The molecule has 11 heavy (non-hydrogen) atoms. The molecule has 0 amide bonds. The Bertz CT molecular complexity index is 235. The van der Waals surface area contributed by atoms with Crippen molar-refractivity contribution < 1.29 is 0 Å². The second-order valence-corrected chi connectivity index (χ2v) is 3.33. The lowest BCUT2D eigenvalue weighted by Crippen LogP contribution is -1.91. The van der Waals surface area contributed by atoms with Crippen molar-refractivity contribution in [3.05, 3.63) is 27.7 Å². The molecule has 62 valence electrons. The van der Waals surface area contributed by atoms with E-state index in [1.807, 2.05) is 13.0 Å². The van der Waals surface area contributed by atoms with Crippen molar-refractivity contribution in [2.24, 2.45) is 0 Å². The van der Waals surface area contributed by atoms with E-state index in [2.05, 4.69) is 28.9 Å². The minimum Gasteiger partial charge on any atom is -0.398 e. The van der Waals surface area contributed by atoms with Gasteiger partial charge in [0.1, 0.15) is 0 Å². The molecule has 0 radical (unpaired) electrons. The summed E-state index contributed by atoms with van der Waals surface area (Å²) in [6, 6.07) is 4.09. The van der Waals surface area contributed by atoms with Gasteiger partial charge in [-0.25, -0.2) is 0 Å². The zero-order chi connectivity index (χ0) is 7.72. The van der Waals surface area contributed by atoms with Gasteiger partial charge in [0.05, 0.1) is 0 Å². The van der Waals surface area contributed by atoms with Crippen LogP contribution >= 0.6 is 32.9 Å². The van der Waals surface area contributed by atoms with E-state index in [4.69, 9.17) is 5.73 Å². The third-order valence-electron chi connectivity index (χ3n) is 1.48. The summed E-state index contributed by atoms with van der Waals surface area (Å²) in [5, 5.41) is 0. The molecule has 0 spiro atoms. The maximum atomic E-state index is 5.70. The normalized spacial score (nSPS) is 9.00. The van der Waals surface area contributed by atoms with Crippen molar-refractivity contribution in [1.29, 1.82) is 0 Å². The second kappa shape index (κ2) is 4.12. The molecule has 2 N–H and O–H groups in total. The SMILES string of the molecule is Br.Cc1cc(C)c(N)c(Br)c1. The predicted molar refractivity (Wildman–Crippen MR) is 58.4 cm³/mol. The van der Waals surface area contributed by atoms with Crippen LogP contribution in [0.15, 0.2) is 16.6 Å². The molecule has 1 aromatic rings. The number of anilines is 1. The third-order valence-corrected chi connectivity index (χ3v) is 2.14. The van der Waals surface area contributed by atoms with Gasteiger partial charge in [0.15, 0.2) is 0 Å². The molecule has 0 fully saturated rings. The second-order valence-electron chi connectivity index (χ2n) is 2.48. The Labute approximate surface area is 85.9 Å². The van der Waals surface area contributed by atoms with Crippen LogP contribution in [0, 0.1) is 13.8 Å². The van der Waals surface area contributed by atoms with Crippen molar-refractivity contribution in [2.75, 3.05) is 5.73 Å². The predicted octanol–water partition coefficient (Wildman–Crippen LogP) is 3.23. The van der Waals surface area contributed by atoms with Gasteiger partial charge in [0.2, 0.25) is 0 Å². The first-order valence-corrected chi connectivity index (χ1v) is 3.93. The van der Waals surface area contributed by atoms with E-state index in [0.717, 1.165) is 15.7 Å². The molecule has 1 nitrogen and oxygen atoms in total. The summed E-state index contributed by atoms with van der Waals surface area (Å²) >= 11 is 3.37. The van der Waals surface area contributed by atoms with Crippen molar-refractivity contribution in [3.8, 4) is 0 Å². The minimum atomic E-state index is 0. The molecule has 0 bridgehead atoms. The topological polar surface area (TPSA) is 26.0 Å². The van der Waals surface area contributed by atoms with Crippen LogP contribution in [0.5, 0.6) is 0 Å². The summed E-state index contributed by atoms with van der Waals surface area (Å²) in [4.78, 5) is 0. The summed E-state index contributed by atoms with van der Waals surface area (Å²) in [5.41, 5.74) is 8.91. The molecule has 0 saturated heterocycles. The van der Waals surface area contributed by atoms with Crippen LogP contribution in [-0.2, 0) is 0 Å². The molecule has 0 aliphatic carbocycles. The van der Waals surface area contributed by atoms with Crippen LogP contribution in [0.4, 0.5) is 5.69 Å². The first-order valence-electron chi connectivity index (χ1n) is 3.13. The molecule has 0 unspecified atom stereocenters. The van der Waals surface area contributed by atoms with Gasteiger partial charge in [-0.3, -0.25) is 0 Å². The monoisotopic (exact) mass is 279 g/mol. The Hall–Kier alpha value is -0.0200. The van der Waals surface area contributed by atoms with Crippen LogP contribution in [0.25, 0.3) is 0 Å². The number of hydrogen-bond donors (Lipinski definition) is 1. The van der Waals surface area contributed by atoms with Crippen LogP contribution in [0.1, 0.15) is 11.1 Å². The van der Waals surface area contributed by atoms with Gasteiger partial charge < -0.3 is 5.73 Å². The van der Waals surface area contributed by atoms with Crippen LogP contribution in [0.3, 0.4) is 0 Å². The van der Waals surface area contributed by atoms with Gasteiger partial charge in [-0.05, 0) is 47.0 Å². The molecule has 0 aromatic heterocycles. The fraction of sp³-hybridized carbons (Fsp3) is 0.250. The minimum absolute atomic E-state index is 0. The fourth-order valence-corrected chi connectivity index (χ4v) is 1.60. The van der Waals surface area contributed by atoms with Gasteiger partial charge >= 0.3 is 0 Å². The van der Waals surface area contributed by atoms with Gasteiger partial charge in [-0.2, -0.15) is 0 Å². The third kappa shape index (κ3) is 2.49. The summed E-state index contributed by atoms with van der Waals surface area (Å²) in [7, 11) is 0. The first kappa shape index (κ1) is 11.0. The van der Waals surface area contributed by atoms with Crippen molar-refractivity contribution in [3.63, 3.8) is 0 Å². The highest BCUT2D eigenvalue weighted by Gasteiger charge is 1.98. The number of nitrogen functional groups attached to an aromatic ring is 1. The first-order chi connectivity index (χ1) is 4.61. The molecule has 3 heteroatoms. The average molecular weight is 281 g/mol. The maximum Gasteiger partial charge on any atom is 0.0488 e. The Balaban J connectivity index is 0.000001000. The van der Waals surface area contributed by atoms with Gasteiger partial charge in [0, 0.05) is 10.2 Å². The van der Waals surface area contributed by atoms with Crippen LogP contribution in [-0.4, -0.2) is 0 Å². The summed E-state index contributed by atoms with van der Waals surface area (Å²) in [6.45, 7) is 4.06. The Morgan fingerprint density at radius 1 is 1.27 bits per heavy atom. The molecule has 0 aliphatic rings. The molecule has 1 rings (SSSR count). The molecule has 0 aliphatic heterocycles. The van der Waals surface area contributed by atoms with E-state index >= 15 is 0 Å².